The third-order valence-corrected chi connectivity index (χ3v) is 4.70. The van der Waals surface area contributed by atoms with E-state index in [1.54, 1.807) is 30.3 Å². The van der Waals surface area contributed by atoms with Crippen LogP contribution in [0.15, 0.2) is 72.8 Å². The highest BCUT2D eigenvalue weighted by Crippen LogP contribution is 2.27. The smallest absolute Gasteiger partial charge is 0.340 e. The molecule has 0 fully saturated rings. The van der Waals surface area contributed by atoms with Crippen LogP contribution in [0.4, 0.5) is 5.69 Å². The van der Waals surface area contributed by atoms with Crippen LogP contribution in [0, 0.1) is 10.1 Å². The zero-order chi connectivity index (χ0) is 22.5. The van der Waals surface area contributed by atoms with Gasteiger partial charge in [-0.25, -0.2) is 4.79 Å². The molecule has 0 heterocycles. The Balaban J connectivity index is 1.95. The third-order valence-electron chi connectivity index (χ3n) is 4.38. The molecule has 0 bridgehead atoms. The predicted octanol–water partition coefficient (Wildman–Crippen LogP) is 3.86. The summed E-state index contributed by atoms with van der Waals surface area (Å²) in [6, 6.07) is 17.5. The number of ether oxygens (including phenoxy) is 1. The molecule has 0 saturated carbocycles. The van der Waals surface area contributed by atoms with Crippen LogP contribution >= 0.6 is 11.6 Å². The number of nitrogens with zero attached hydrogens (tertiary/aromatic N) is 1. The van der Waals surface area contributed by atoms with E-state index in [1.165, 1.54) is 36.4 Å². The van der Waals surface area contributed by atoms with Gasteiger partial charge in [0, 0.05) is 22.8 Å². The first-order valence-corrected chi connectivity index (χ1v) is 9.30. The Bertz CT molecular complexity index is 1180. The second-order valence-electron chi connectivity index (χ2n) is 6.40. The summed E-state index contributed by atoms with van der Waals surface area (Å²) < 4.78 is 5.30. The summed E-state index contributed by atoms with van der Waals surface area (Å²) in [7, 11) is 0. The maximum Gasteiger partial charge on any atom is 0.340 e. The largest absolute Gasteiger partial charge is 0.444 e. The standard InChI is InChI=1S/C22H15ClN2O6/c23-17-11-10-14(12-18(17)25(29)30)19(26)15-8-4-5-9-16(15)22(28)31-20(21(24)27)13-6-2-1-3-7-13/h1-12,20H,(H2,24,27). The van der Waals surface area contributed by atoms with Crippen molar-refractivity contribution in [3.8, 4) is 0 Å². The molecule has 0 aliphatic carbocycles. The number of halogens is 1. The van der Waals surface area contributed by atoms with E-state index in [9.17, 15) is 24.5 Å². The number of primary amides is 1. The van der Waals surface area contributed by atoms with Crippen LogP contribution in [-0.2, 0) is 9.53 Å². The molecule has 3 aromatic carbocycles. The van der Waals surface area contributed by atoms with Crippen LogP contribution in [0.3, 0.4) is 0 Å². The SMILES string of the molecule is NC(=O)C(OC(=O)c1ccccc1C(=O)c1ccc(Cl)c([N+](=O)[O-])c1)c1ccccc1. The fourth-order valence-corrected chi connectivity index (χ4v) is 3.08. The molecule has 8 nitrogen and oxygen atoms in total. The minimum Gasteiger partial charge on any atom is -0.444 e. The van der Waals surface area contributed by atoms with Crippen LogP contribution < -0.4 is 5.73 Å². The molecule has 0 aromatic heterocycles. The number of carbonyl (C=O) groups excluding carboxylic acids is 3. The fourth-order valence-electron chi connectivity index (χ4n) is 2.90. The van der Waals surface area contributed by atoms with Gasteiger partial charge in [-0.2, -0.15) is 0 Å². The molecule has 0 spiro atoms. The number of hydrogen-bond donors (Lipinski definition) is 1. The Labute approximate surface area is 181 Å². The van der Waals surface area contributed by atoms with Crippen LogP contribution in [-0.4, -0.2) is 22.6 Å². The van der Waals surface area contributed by atoms with Gasteiger partial charge in [-0.05, 0) is 18.2 Å². The van der Waals surface area contributed by atoms with Gasteiger partial charge in [0.2, 0.25) is 6.10 Å². The fraction of sp³-hybridized carbons (Fsp3) is 0.0455. The Morgan fingerprint density at radius 3 is 2.16 bits per heavy atom. The highest BCUT2D eigenvalue weighted by Gasteiger charge is 2.27. The zero-order valence-corrected chi connectivity index (χ0v) is 16.6. The Morgan fingerprint density at radius 2 is 1.55 bits per heavy atom. The van der Waals surface area contributed by atoms with Gasteiger partial charge in [0.05, 0.1) is 10.5 Å². The van der Waals surface area contributed by atoms with E-state index in [0.29, 0.717) is 5.56 Å². The molecule has 3 rings (SSSR count). The van der Waals surface area contributed by atoms with Crippen molar-refractivity contribution in [2.45, 2.75) is 6.10 Å². The second kappa shape index (κ2) is 9.19. The molecule has 1 atom stereocenters. The van der Waals surface area contributed by atoms with Gasteiger partial charge >= 0.3 is 5.97 Å². The summed E-state index contributed by atoms with van der Waals surface area (Å²) in [5.74, 6) is -2.47. The molecular formula is C22H15ClN2O6. The number of benzene rings is 3. The molecular weight excluding hydrogens is 424 g/mol. The minimum absolute atomic E-state index is 0.0362. The van der Waals surface area contributed by atoms with Gasteiger partial charge in [-0.1, -0.05) is 60.1 Å². The van der Waals surface area contributed by atoms with Crippen molar-refractivity contribution in [3.05, 3.63) is 110 Å². The van der Waals surface area contributed by atoms with E-state index < -0.39 is 34.4 Å². The van der Waals surface area contributed by atoms with Crippen molar-refractivity contribution >= 4 is 34.9 Å². The lowest BCUT2D eigenvalue weighted by atomic mass is 9.98. The summed E-state index contributed by atoms with van der Waals surface area (Å²) in [5, 5.41) is 11.0. The lowest BCUT2D eigenvalue weighted by Crippen LogP contribution is -2.27. The summed E-state index contributed by atoms with van der Waals surface area (Å²) >= 11 is 5.80. The lowest BCUT2D eigenvalue weighted by molar-refractivity contribution is -0.384. The first-order valence-electron chi connectivity index (χ1n) is 8.92. The molecule has 3 aromatic rings. The Morgan fingerprint density at radius 1 is 0.935 bits per heavy atom. The Hall–Kier alpha value is -4.04. The molecule has 156 valence electrons. The first-order chi connectivity index (χ1) is 14.8. The van der Waals surface area contributed by atoms with Crippen molar-refractivity contribution in [3.63, 3.8) is 0 Å². The number of esters is 1. The molecule has 0 saturated heterocycles. The Kier molecular flexibility index (Phi) is 6.42. The average Bonchev–Trinajstić information content (AvgIpc) is 2.77. The number of carbonyl (C=O) groups is 3. The van der Waals surface area contributed by atoms with E-state index in [-0.39, 0.29) is 21.7 Å². The normalized spacial score (nSPS) is 11.4. The number of ketones is 1. The van der Waals surface area contributed by atoms with E-state index in [0.717, 1.165) is 6.07 Å². The topological polar surface area (TPSA) is 130 Å². The molecule has 0 aliphatic heterocycles. The van der Waals surface area contributed by atoms with Gasteiger partial charge in [0.15, 0.2) is 5.78 Å². The quantitative estimate of drug-likeness (QED) is 0.258. The minimum atomic E-state index is -1.35. The van der Waals surface area contributed by atoms with Crippen LogP contribution in [0.5, 0.6) is 0 Å². The number of hydrogen-bond acceptors (Lipinski definition) is 6. The van der Waals surface area contributed by atoms with Gasteiger partial charge in [-0.15, -0.1) is 0 Å². The molecule has 31 heavy (non-hydrogen) atoms. The number of amides is 1. The monoisotopic (exact) mass is 438 g/mol. The third kappa shape index (κ3) is 4.76. The van der Waals surface area contributed by atoms with Gasteiger partial charge in [0.1, 0.15) is 5.02 Å². The number of nitrogens with two attached hydrogens (primary N) is 1. The van der Waals surface area contributed by atoms with Gasteiger partial charge < -0.3 is 10.5 Å². The van der Waals surface area contributed by atoms with E-state index in [4.69, 9.17) is 22.1 Å². The van der Waals surface area contributed by atoms with E-state index >= 15 is 0 Å². The molecule has 9 heteroatoms. The maximum absolute atomic E-state index is 13.0. The summed E-state index contributed by atoms with van der Waals surface area (Å²) in [4.78, 5) is 48.0. The highest BCUT2D eigenvalue weighted by molar-refractivity contribution is 6.33. The first kappa shape index (κ1) is 21.7. The highest BCUT2D eigenvalue weighted by atomic mass is 35.5. The van der Waals surface area contributed by atoms with Crippen molar-refractivity contribution in [1.29, 1.82) is 0 Å². The van der Waals surface area contributed by atoms with Crippen LogP contribution in [0.1, 0.15) is 37.9 Å². The maximum atomic E-state index is 13.0. The van der Waals surface area contributed by atoms with Crippen molar-refractivity contribution in [2.75, 3.05) is 0 Å². The lowest BCUT2D eigenvalue weighted by Gasteiger charge is -2.16. The van der Waals surface area contributed by atoms with Crippen LogP contribution in [0.2, 0.25) is 5.02 Å². The molecule has 0 radical (unpaired) electrons. The van der Waals surface area contributed by atoms with Gasteiger partial charge in [0.25, 0.3) is 11.6 Å². The molecule has 1 unspecified atom stereocenters. The average molecular weight is 439 g/mol. The molecule has 2 N–H and O–H groups in total. The molecule has 1 amide bonds. The van der Waals surface area contributed by atoms with Gasteiger partial charge in [-0.3, -0.25) is 19.7 Å². The van der Waals surface area contributed by atoms with E-state index in [1.807, 2.05) is 0 Å². The summed E-state index contributed by atoms with van der Waals surface area (Å²) in [5.41, 5.74) is 5.11. The van der Waals surface area contributed by atoms with Crippen molar-refractivity contribution < 1.29 is 24.0 Å². The van der Waals surface area contributed by atoms with Crippen LogP contribution in [0.25, 0.3) is 0 Å². The summed E-state index contributed by atoms with van der Waals surface area (Å²) in [6.07, 6.45) is -1.35. The van der Waals surface area contributed by atoms with Crippen molar-refractivity contribution in [1.82, 2.24) is 0 Å². The number of rotatable bonds is 7. The summed E-state index contributed by atoms with van der Waals surface area (Å²) in [6.45, 7) is 0. The second-order valence-corrected chi connectivity index (χ2v) is 6.80. The number of nitro benzene ring substituents is 1. The van der Waals surface area contributed by atoms with Crippen molar-refractivity contribution in [2.24, 2.45) is 5.73 Å². The zero-order valence-electron chi connectivity index (χ0n) is 15.9. The number of nitro groups is 1. The van der Waals surface area contributed by atoms with E-state index in [2.05, 4.69) is 0 Å². The molecule has 0 aliphatic rings. The predicted molar refractivity (Wildman–Crippen MR) is 112 cm³/mol.